The molecule has 12 heteroatoms. The monoisotopic (exact) mass is 367 g/mol. The SMILES string of the molecule is CS(=O)c1c(C=NO)nn(-c2ncc(C(F)(F)F)cc2Cl)c1N. The lowest BCUT2D eigenvalue weighted by Crippen LogP contribution is -2.10. The second kappa shape index (κ2) is 6.16. The number of halogens is 4. The summed E-state index contributed by atoms with van der Waals surface area (Å²) in [6.07, 6.45) is -1.82. The Kier molecular flexibility index (Phi) is 4.61. The van der Waals surface area contributed by atoms with Gasteiger partial charge in [0, 0.05) is 12.5 Å². The number of oxime groups is 1. The third kappa shape index (κ3) is 3.29. The smallest absolute Gasteiger partial charge is 0.411 e. The van der Waals surface area contributed by atoms with Crippen molar-refractivity contribution in [3.8, 4) is 5.82 Å². The number of pyridine rings is 1. The highest BCUT2D eigenvalue weighted by Gasteiger charge is 2.32. The van der Waals surface area contributed by atoms with Crippen LogP contribution in [0.1, 0.15) is 11.3 Å². The van der Waals surface area contributed by atoms with Gasteiger partial charge in [0.15, 0.2) is 5.82 Å². The number of rotatable bonds is 3. The van der Waals surface area contributed by atoms with Gasteiger partial charge in [-0.2, -0.15) is 23.0 Å². The second-order valence-corrected chi connectivity index (χ2v) is 5.96. The zero-order valence-corrected chi connectivity index (χ0v) is 12.9. The Morgan fingerprint density at radius 1 is 1.52 bits per heavy atom. The zero-order valence-electron chi connectivity index (χ0n) is 11.4. The van der Waals surface area contributed by atoms with E-state index in [9.17, 15) is 17.4 Å². The van der Waals surface area contributed by atoms with Gasteiger partial charge < -0.3 is 10.9 Å². The van der Waals surface area contributed by atoms with E-state index in [4.69, 9.17) is 22.5 Å². The number of aromatic nitrogens is 3. The van der Waals surface area contributed by atoms with Crippen LogP contribution in [0, 0.1) is 0 Å². The van der Waals surface area contributed by atoms with E-state index < -0.39 is 22.5 Å². The minimum absolute atomic E-state index is 0.0244. The summed E-state index contributed by atoms with van der Waals surface area (Å²) in [6, 6.07) is 0.674. The molecule has 3 N–H and O–H groups in total. The van der Waals surface area contributed by atoms with Crippen LogP contribution in [0.25, 0.3) is 5.82 Å². The Morgan fingerprint density at radius 2 is 2.17 bits per heavy atom. The van der Waals surface area contributed by atoms with Gasteiger partial charge in [-0.15, -0.1) is 0 Å². The molecule has 0 aliphatic heterocycles. The van der Waals surface area contributed by atoms with E-state index in [1.54, 1.807) is 0 Å². The molecule has 0 aliphatic rings. The molecule has 0 bridgehead atoms. The van der Waals surface area contributed by atoms with E-state index in [0.717, 1.165) is 10.9 Å². The molecule has 1 unspecified atom stereocenters. The van der Waals surface area contributed by atoms with Gasteiger partial charge in [0.05, 0.1) is 27.6 Å². The molecular weight excluding hydrogens is 359 g/mol. The van der Waals surface area contributed by atoms with Crippen LogP contribution in [0.3, 0.4) is 0 Å². The lowest BCUT2D eigenvalue weighted by molar-refractivity contribution is -0.137. The highest BCUT2D eigenvalue weighted by atomic mass is 35.5. The molecule has 0 fully saturated rings. The maximum Gasteiger partial charge on any atom is 0.417 e. The molecule has 1 atom stereocenters. The molecule has 2 heterocycles. The summed E-state index contributed by atoms with van der Waals surface area (Å²) >= 11 is 5.82. The van der Waals surface area contributed by atoms with Gasteiger partial charge in [-0.1, -0.05) is 16.8 Å². The molecule has 0 aliphatic carbocycles. The molecule has 2 aromatic rings. The van der Waals surface area contributed by atoms with Crippen LogP contribution >= 0.6 is 11.6 Å². The predicted molar refractivity (Wildman–Crippen MR) is 77.5 cm³/mol. The van der Waals surface area contributed by atoms with Crippen molar-refractivity contribution < 1.29 is 22.6 Å². The third-order valence-electron chi connectivity index (χ3n) is 2.72. The summed E-state index contributed by atoms with van der Waals surface area (Å²) < 4.78 is 50.5. The molecule has 7 nitrogen and oxygen atoms in total. The summed E-state index contributed by atoms with van der Waals surface area (Å²) in [5.74, 6) is -0.323. The number of hydrogen-bond acceptors (Lipinski definition) is 6. The van der Waals surface area contributed by atoms with Gasteiger partial charge in [0.1, 0.15) is 16.4 Å². The Balaban J connectivity index is 2.64. The average molecular weight is 368 g/mol. The van der Waals surface area contributed by atoms with Crippen molar-refractivity contribution in [3.05, 3.63) is 28.5 Å². The van der Waals surface area contributed by atoms with E-state index in [2.05, 4.69) is 15.2 Å². The number of nitrogen functional groups attached to an aromatic ring is 1. The molecule has 0 radical (unpaired) electrons. The van der Waals surface area contributed by atoms with E-state index in [-0.39, 0.29) is 27.2 Å². The predicted octanol–water partition coefficient (Wildman–Crippen LogP) is 2.07. The molecule has 124 valence electrons. The summed E-state index contributed by atoms with van der Waals surface area (Å²) in [5.41, 5.74) is 4.75. The number of hydrogen-bond donors (Lipinski definition) is 2. The van der Waals surface area contributed by atoms with E-state index in [1.165, 1.54) is 6.26 Å². The topological polar surface area (TPSA) is 106 Å². The maximum atomic E-state index is 12.6. The molecule has 0 amide bonds. The normalized spacial score (nSPS) is 13.6. The van der Waals surface area contributed by atoms with Crippen LogP contribution in [0.4, 0.5) is 19.0 Å². The first-order chi connectivity index (χ1) is 10.7. The molecule has 0 saturated heterocycles. The van der Waals surface area contributed by atoms with Crippen molar-refractivity contribution >= 4 is 34.4 Å². The summed E-state index contributed by atoms with van der Waals surface area (Å²) in [7, 11) is -1.59. The summed E-state index contributed by atoms with van der Waals surface area (Å²) in [4.78, 5) is 3.65. The van der Waals surface area contributed by atoms with Crippen LogP contribution in [0.15, 0.2) is 22.3 Å². The first-order valence-electron chi connectivity index (χ1n) is 5.79. The average Bonchev–Trinajstić information content (AvgIpc) is 2.75. The summed E-state index contributed by atoms with van der Waals surface area (Å²) in [6.45, 7) is 0. The lowest BCUT2D eigenvalue weighted by Gasteiger charge is -2.10. The van der Waals surface area contributed by atoms with Gasteiger partial charge in [-0.05, 0) is 6.07 Å². The van der Waals surface area contributed by atoms with Crippen molar-refractivity contribution in [1.29, 1.82) is 0 Å². The third-order valence-corrected chi connectivity index (χ3v) is 3.99. The Morgan fingerprint density at radius 3 is 2.65 bits per heavy atom. The van der Waals surface area contributed by atoms with Crippen molar-refractivity contribution in [2.45, 2.75) is 11.1 Å². The first-order valence-corrected chi connectivity index (χ1v) is 7.73. The molecule has 0 spiro atoms. The fourth-order valence-electron chi connectivity index (χ4n) is 1.77. The molecule has 23 heavy (non-hydrogen) atoms. The van der Waals surface area contributed by atoms with Crippen LogP contribution < -0.4 is 5.73 Å². The van der Waals surface area contributed by atoms with Gasteiger partial charge in [0.25, 0.3) is 0 Å². The Hall–Kier alpha value is -2.14. The number of alkyl halides is 3. The van der Waals surface area contributed by atoms with Gasteiger partial charge in [0.2, 0.25) is 0 Å². The largest absolute Gasteiger partial charge is 0.417 e. The van der Waals surface area contributed by atoms with Gasteiger partial charge in [-0.3, -0.25) is 4.21 Å². The molecule has 0 aromatic carbocycles. The van der Waals surface area contributed by atoms with Crippen molar-refractivity contribution in [1.82, 2.24) is 14.8 Å². The maximum absolute atomic E-state index is 12.6. The van der Waals surface area contributed by atoms with E-state index in [1.807, 2.05) is 0 Å². The number of anilines is 1. The Bertz CT molecular complexity index is 806. The highest BCUT2D eigenvalue weighted by molar-refractivity contribution is 7.84. The van der Waals surface area contributed by atoms with Crippen LogP contribution in [-0.2, 0) is 17.0 Å². The molecular formula is C11H9ClF3N5O2S. The minimum Gasteiger partial charge on any atom is -0.411 e. The number of nitrogens with two attached hydrogens (primary N) is 1. The zero-order chi connectivity index (χ0) is 17.4. The van der Waals surface area contributed by atoms with Crippen molar-refractivity contribution in [2.75, 3.05) is 12.0 Å². The highest BCUT2D eigenvalue weighted by Crippen LogP contribution is 2.33. The first kappa shape index (κ1) is 17.2. The molecule has 0 saturated carbocycles. The minimum atomic E-state index is -4.60. The van der Waals surface area contributed by atoms with Crippen molar-refractivity contribution in [2.24, 2.45) is 5.16 Å². The van der Waals surface area contributed by atoms with Gasteiger partial charge >= 0.3 is 6.18 Å². The van der Waals surface area contributed by atoms with E-state index in [0.29, 0.717) is 12.3 Å². The lowest BCUT2D eigenvalue weighted by atomic mass is 10.3. The molecule has 2 aromatic heterocycles. The number of nitrogens with zero attached hydrogens (tertiary/aromatic N) is 4. The fourth-order valence-corrected chi connectivity index (χ4v) is 2.79. The van der Waals surface area contributed by atoms with Crippen LogP contribution in [-0.4, -0.2) is 36.7 Å². The van der Waals surface area contributed by atoms with Crippen LogP contribution in [0.5, 0.6) is 0 Å². The van der Waals surface area contributed by atoms with E-state index >= 15 is 0 Å². The van der Waals surface area contributed by atoms with Gasteiger partial charge in [-0.25, -0.2) is 4.98 Å². The van der Waals surface area contributed by atoms with Crippen LogP contribution in [0.2, 0.25) is 5.02 Å². The second-order valence-electron chi connectivity index (χ2n) is 4.24. The molecule has 2 rings (SSSR count). The fraction of sp³-hybridized carbons (Fsp3) is 0.182. The Labute approximate surface area is 135 Å². The summed E-state index contributed by atoms with van der Waals surface area (Å²) in [5, 5.41) is 14.9. The standard InChI is InChI=1S/C11H9ClF3N5O2S/c1-23(22)8-7(4-18-21)19-20(9(8)16)10-6(12)2-5(3-17-10)11(13,14)15/h2-4,21H,16H2,1H3. The van der Waals surface area contributed by atoms with Crippen molar-refractivity contribution in [3.63, 3.8) is 0 Å². The quantitative estimate of drug-likeness (QED) is 0.490.